The van der Waals surface area contributed by atoms with E-state index in [1.807, 2.05) is 26.0 Å². The molecule has 0 spiro atoms. The third-order valence-corrected chi connectivity index (χ3v) is 3.13. The summed E-state index contributed by atoms with van der Waals surface area (Å²) in [6, 6.07) is 6.94. The molecule has 1 saturated heterocycles. The van der Waals surface area contributed by atoms with E-state index < -0.39 is 0 Å². The summed E-state index contributed by atoms with van der Waals surface area (Å²) in [4.78, 5) is 10.1. The van der Waals surface area contributed by atoms with E-state index in [0.717, 1.165) is 25.4 Å². The van der Waals surface area contributed by atoms with Crippen LogP contribution < -0.4 is 5.32 Å². The lowest BCUT2D eigenvalue weighted by molar-refractivity contribution is -0.384. The highest BCUT2D eigenvalue weighted by Crippen LogP contribution is 2.19. The summed E-state index contributed by atoms with van der Waals surface area (Å²) in [5, 5.41) is 13.8. The molecule has 1 fully saturated rings. The maximum absolute atomic E-state index is 10.5. The fourth-order valence-electron chi connectivity index (χ4n) is 2.17. The van der Waals surface area contributed by atoms with Gasteiger partial charge in [-0.05, 0) is 43.8 Å². The summed E-state index contributed by atoms with van der Waals surface area (Å²) in [5.41, 5.74) is 1.38. The zero-order valence-electron chi connectivity index (χ0n) is 11.2. The Morgan fingerprint density at radius 1 is 1.22 bits per heavy atom. The standard InChI is InChI=1S/C12H16N2O2.C2H6/c15-14(16)12-3-1-10(2-4-12)9-11-5-7-13-8-6-11;1-2/h1-4,11,13H,5-9H2;1-2H3. The molecule has 1 aliphatic rings. The molecule has 0 radical (unpaired) electrons. The van der Waals surface area contributed by atoms with E-state index in [9.17, 15) is 10.1 Å². The van der Waals surface area contributed by atoms with Gasteiger partial charge in [0.25, 0.3) is 5.69 Å². The number of nitrogens with zero attached hydrogens (tertiary/aromatic N) is 1. The number of piperidine rings is 1. The van der Waals surface area contributed by atoms with Gasteiger partial charge in [-0.1, -0.05) is 26.0 Å². The van der Waals surface area contributed by atoms with Crippen molar-refractivity contribution in [2.45, 2.75) is 33.1 Å². The Morgan fingerprint density at radius 3 is 2.28 bits per heavy atom. The molecule has 4 heteroatoms. The number of rotatable bonds is 3. The molecule has 100 valence electrons. The lowest BCUT2D eigenvalue weighted by Gasteiger charge is -2.22. The highest BCUT2D eigenvalue weighted by atomic mass is 16.6. The third kappa shape index (κ3) is 4.45. The van der Waals surface area contributed by atoms with Crippen molar-refractivity contribution in [3.05, 3.63) is 39.9 Å². The van der Waals surface area contributed by atoms with Gasteiger partial charge in [0.2, 0.25) is 0 Å². The molecule has 0 aliphatic carbocycles. The van der Waals surface area contributed by atoms with E-state index in [-0.39, 0.29) is 10.6 Å². The lowest BCUT2D eigenvalue weighted by Crippen LogP contribution is -2.28. The Kier molecular flexibility index (Phi) is 6.36. The van der Waals surface area contributed by atoms with E-state index in [4.69, 9.17) is 0 Å². The second kappa shape index (κ2) is 7.82. The Labute approximate surface area is 109 Å². The molecule has 1 aromatic rings. The van der Waals surface area contributed by atoms with Crippen molar-refractivity contribution in [3.63, 3.8) is 0 Å². The van der Waals surface area contributed by atoms with Crippen molar-refractivity contribution in [3.8, 4) is 0 Å². The summed E-state index contributed by atoms with van der Waals surface area (Å²) >= 11 is 0. The molecule has 0 saturated carbocycles. The lowest BCUT2D eigenvalue weighted by atomic mass is 9.91. The predicted octanol–water partition coefficient (Wildman–Crippen LogP) is 3.16. The van der Waals surface area contributed by atoms with Gasteiger partial charge in [0, 0.05) is 12.1 Å². The number of benzene rings is 1. The molecule has 0 amide bonds. The molecule has 4 nitrogen and oxygen atoms in total. The molecule has 1 heterocycles. The van der Waals surface area contributed by atoms with Gasteiger partial charge in [-0.2, -0.15) is 0 Å². The van der Waals surface area contributed by atoms with Gasteiger partial charge < -0.3 is 5.32 Å². The van der Waals surface area contributed by atoms with Crippen LogP contribution in [0.1, 0.15) is 32.3 Å². The summed E-state index contributed by atoms with van der Waals surface area (Å²) < 4.78 is 0. The number of nitrogens with one attached hydrogen (secondary N) is 1. The smallest absolute Gasteiger partial charge is 0.269 e. The molecule has 0 bridgehead atoms. The van der Waals surface area contributed by atoms with Gasteiger partial charge in [0.05, 0.1) is 4.92 Å². The number of non-ortho nitro benzene ring substituents is 1. The van der Waals surface area contributed by atoms with Crippen LogP contribution >= 0.6 is 0 Å². The Morgan fingerprint density at radius 2 is 1.78 bits per heavy atom. The maximum atomic E-state index is 10.5. The van der Waals surface area contributed by atoms with E-state index in [1.165, 1.54) is 18.4 Å². The molecule has 0 atom stereocenters. The summed E-state index contributed by atoms with van der Waals surface area (Å²) in [5.74, 6) is 0.725. The minimum absolute atomic E-state index is 0.175. The monoisotopic (exact) mass is 250 g/mol. The van der Waals surface area contributed by atoms with Crippen LogP contribution in [0.2, 0.25) is 0 Å². The van der Waals surface area contributed by atoms with E-state index in [1.54, 1.807) is 12.1 Å². The molecule has 2 rings (SSSR count). The first-order valence-corrected chi connectivity index (χ1v) is 6.70. The van der Waals surface area contributed by atoms with Gasteiger partial charge in [0.15, 0.2) is 0 Å². The van der Waals surface area contributed by atoms with Crippen LogP contribution in [0.25, 0.3) is 0 Å². The summed E-state index contributed by atoms with van der Waals surface area (Å²) in [6.07, 6.45) is 3.45. The highest BCUT2D eigenvalue weighted by molar-refractivity contribution is 5.33. The fourth-order valence-corrected chi connectivity index (χ4v) is 2.17. The first-order chi connectivity index (χ1) is 8.75. The quantitative estimate of drug-likeness (QED) is 0.662. The summed E-state index contributed by atoms with van der Waals surface area (Å²) in [6.45, 7) is 6.19. The van der Waals surface area contributed by atoms with Crippen molar-refractivity contribution in [1.82, 2.24) is 5.32 Å². The first-order valence-electron chi connectivity index (χ1n) is 6.70. The van der Waals surface area contributed by atoms with Crippen LogP contribution in [-0.2, 0) is 6.42 Å². The minimum atomic E-state index is -0.353. The minimum Gasteiger partial charge on any atom is -0.317 e. The second-order valence-corrected chi connectivity index (χ2v) is 4.32. The zero-order valence-corrected chi connectivity index (χ0v) is 11.2. The Hall–Kier alpha value is -1.42. The van der Waals surface area contributed by atoms with E-state index in [0.29, 0.717) is 0 Å². The average molecular weight is 250 g/mol. The average Bonchev–Trinajstić information content (AvgIpc) is 2.43. The van der Waals surface area contributed by atoms with E-state index in [2.05, 4.69) is 5.32 Å². The van der Waals surface area contributed by atoms with Crippen molar-refractivity contribution in [1.29, 1.82) is 0 Å². The maximum Gasteiger partial charge on any atom is 0.269 e. The molecule has 0 aromatic heterocycles. The van der Waals surface area contributed by atoms with Gasteiger partial charge in [0.1, 0.15) is 0 Å². The van der Waals surface area contributed by atoms with Crippen molar-refractivity contribution < 1.29 is 4.92 Å². The molecule has 18 heavy (non-hydrogen) atoms. The van der Waals surface area contributed by atoms with Crippen LogP contribution in [0.15, 0.2) is 24.3 Å². The first kappa shape index (κ1) is 14.6. The molecule has 1 N–H and O–H groups in total. The molecule has 0 unspecified atom stereocenters. The fraction of sp³-hybridized carbons (Fsp3) is 0.571. The normalized spacial score (nSPS) is 15.7. The van der Waals surface area contributed by atoms with Crippen LogP contribution in [0.5, 0.6) is 0 Å². The van der Waals surface area contributed by atoms with Gasteiger partial charge in [-0.25, -0.2) is 0 Å². The predicted molar refractivity (Wildman–Crippen MR) is 73.7 cm³/mol. The SMILES string of the molecule is CC.O=[N+]([O-])c1ccc(CC2CCNCC2)cc1. The zero-order chi connectivity index (χ0) is 13.4. The molecule has 1 aromatic carbocycles. The van der Waals surface area contributed by atoms with Crippen LogP contribution in [-0.4, -0.2) is 18.0 Å². The molecular formula is C14H22N2O2. The molecular weight excluding hydrogens is 228 g/mol. The molecule has 1 aliphatic heterocycles. The number of nitro benzene ring substituents is 1. The van der Waals surface area contributed by atoms with E-state index >= 15 is 0 Å². The topological polar surface area (TPSA) is 55.2 Å². The summed E-state index contributed by atoms with van der Waals surface area (Å²) in [7, 11) is 0. The van der Waals surface area contributed by atoms with Crippen LogP contribution in [0, 0.1) is 16.0 Å². The largest absolute Gasteiger partial charge is 0.317 e. The van der Waals surface area contributed by atoms with Gasteiger partial charge in [-0.3, -0.25) is 10.1 Å². The van der Waals surface area contributed by atoms with Crippen molar-refractivity contribution >= 4 is 5.69 Å². The Balaban J connectivity index is 0.000000771. The highest BCUT2D eigenvalue weighted by Gasteiger charge is 2.13. The number of hydrogen-bond acceptors (Lipinski definition) is 3. The Bertz CT molecular complexity index is 357. The van der Waals surface area contributed by atoms with Gasteiger partial charge >= 0.3 is 0 Å². The number of hydrogen-bond donors (Lipinski definition) is 1. The van der Waals surface area contributed by atoms with Gasteiger partial charge in [-0.15, -0.1) is 0 Å². The number of nitro groups is 1. The second-order valence-electron chi connectivity index (χ2n) is 4.32. The van der Waals surface area contributed by atoms with Crippen molar-refractivity contribution in [2.75, 3.05) is 13.1 Å². The third-order valence-electron chi connectivity index (χ3n) is 3.13. The van der Waals surface area contributed by atoms with Crippen LogP contribution in [0.3, 0.4) is 0 Å². The van der Waals surface area contributed by atoms with Crippen molar-refractivity contribution in [2.24, 2.45) is 5.92 Å². The van der Waals surface area contributed by atoms with Crippen LogP contribution in [0.4, 0.5) is 5.69 Å².